The first kappa shape index (κ1) is 19.3. The minimum atomic E-state index is -0.221. The summed E-state index contributed by atoms with van der Waals surface area (Å²) in [5.41, 5.74) is 3.06. The van der Waals surface area contributed by atoms with Crippen molar-refractivity contribution in [2.45, 2.75) is 73.6 Å². The summed E-state index contributed by atoms with van der Waals surface area (Å²) in [5, 5.41) is 3.76. The van der Waals surface area contributed by atoms with E-state index in [1.54, 1.807) is 0 Å². The Hall–Kier alpha value is -1.06. The summed E-state index contributed by atoms with van der Waals surface area (Å²) in [6.07, 6.45) is 0.892. The lowest BCUT2D eigenvalue weighted by atomic mass is 9.57. The summed E-state index contributed by atoms with van der Waals surface area (Å²) in [6, 6.07) is 6.61. The molecule has 1 heterocycles. The molecule has 0 amide bonds. The van der Waals surface area contributed by atoms with E-state index >= 15 is 0 Å². The molecule has 0 aromatic heterocycles. The summed E-state index contributed by atoms with van der Waals surface area (Å²) in [6.45, 7) is 19.4. The average molecular weight is 334 g/mol. The Balaban J connectivity index is 2.31. The average Bonchev–Trinajstić information content (AvgIpc) is 2.45. The third-order valence-corrected chi connectivity index (χ3v) is 5.14. The number of nitrogens with one attached hydrogen (secondary N) is 1. The molecule has 3 heteroatoms. The summed E-state index contributed by atoms with van der Waals surface area (Å²) in [7, 11) is 0. The van der Waals surface area contributed by atoms with Crippen LogP contribution in [0.1, 0.15) is 66.0 Å². The molecule has 0 bridgehead atoms. The molecule has 0 aliphatic carbocycles. The van der Waals surface area contributed by atoms with Gasteiger partial charge in [0.05, 0.1) is 5.54 Å². The van der Waals surface area contributed by atoms with Crippen LogP contribution in [0.4, 0.5) is 0 Å². The van der Waals surface area contributed by atoms with Crippen LogP contribution in [0.5, 0.6) is 5.75 Å². The number of hydrogen-bond donors (Lipinski definition) is 1. The van der Waals surface area contributed by atoms with Crippen molar-refractivity contribution in [2.75, 3.05) is 13.2 Å². The van der Waals surface area contributed by atoms with Gasteiger partial charge in [-0.3, -0.25) is 0 Å². The van der Waals surface area contributed by atoms with Crippen LogP contribution in [0.3, 0.4) is 0 Å². The molecule has 1 aromatic rings. The number of aryl methyl sites for hydroxylation is 1. The van der Waals surface area contributed by atoms with E-state index in [2.05, 4.69) is 65.1 Å². The van der Waals surface area contributed by atoms with E-state index in [1.807, 2.05) is 13.8 Å². The molecule has 0 radical (unpaired) electrons. The van der Waals surface area contributed by atoms with E-state index in [0.29, 0.717) is 6.61 Å². The second-order valence-corrected chi connectivity index (χ2v) is 9.00. The Kier molecular flexibility index (Phi) is 5.37. The van der Waals surface area contributed by atoms with E-state index in [-0.39, 0.29) is 22.7 Å². The van der Waals surface area contributed by atoms with Gasteiger partial charge in [-0.2, -0.15) is 0 Å². The van der Waals surface area contributed by atoms with E-state index < -0.39 is 0 Å². The SMILES string of the molecule is CCOC(C)Oc1ccc(C2(CC(C)(C)C)NCC2(C)C)cc1C. The molecule has 1 saturated heterocycles. The highest BCUT2D eigenvalue weighted by molar-refractivity contribution is 5.42. The molecule has 1 aliphatic rings. The Morgan fingerprint density at radius 2 is 1.92 bits per heavy atom. The molecule has 2 unspecified atom stereocenters. The van der Waals surface area contributed by atoms with Crippen LogP contribution in [0.15, 0.2) is 18.2 Å². The second-order valence-electron chi connectivity index (χ2n) is 9.00. The molecule has 24 heavy (non-hydrogen) atoms. The summed E-state index contributed by atoms with van der Waals surface area (Å²) >= 11 is 0. The van der Waals surface area contributed by atoms with E-state index in [4.69, 9.17) is 9.47 Å². The van der Waals surface area contributed by atoms with Gasteiger partial charge in [0.1, 0.15) is 5.75 Å². The van der Waals surface area contributed by atoms with E-state index in [1.165, 1.54) is 5.56 Å². The monoisotopic (exact) mass is 333 g/mol. The lowest BCUT2D eigenvalue weighted by molar-refractivity contribution is -0.0617. The quantitative estimate of drug-likeness (QED) is 0.742. The van der Waals surface area contributed by atoms with Crippen LogP contribution >= 0.6 is 0 Å². The van der Waals surface area contributed by atoms with Gasteiger partial charge in [0.2, 0.25) is 0 Å². The van der Waals surface area contributed by atoms with Crippen molar-refractivity contribution in [3.05, 3.63) is 29.3 Å². The van der Waals surface area contributed by atoms with Crippen molar-refractivity contribution < 1.29 is 9.47 Å². The fraction of sp³-hybridized carbons (Fsp3) is 0.714. The van der Waals surface area contributed by atoms with Crippen LogP contribution < -0.4 is 10.1 Å². The van der Waals surface area contributed by atoms with Gasteiger partial charge in [0, 0.05) is 13.2 Å². The number of hydrogen-bond acceptors (Lipinski definition) is 3. The van der Waals surface area contributed by atoms with Crippen molar-refractivity contribution in [1.82, 2.24) is 5.32 Å². The second kappa shape index (κ2) is 6.68. The molecule has 2 rings (SSSR count). The molecule has 1 N–H and O–H groups in total. The standard InChI is InChI=1S/C21H35NO2/c1-9-23-16(3)24-18-11-10-17(12-15(18)2)21(13-19(4,5)6)20(7,8)14-22-21/h10-12,16,22H,9,13-14H2,1-8H3. The van der Waals surface area contributed by atoms with Gasteiger partial charge in [-0.15, -0.1) is 0 Å². The Bertz CT molecular complexity index is 574. The normalized spacial score (nSPS) is 24.3. The smallest absolute Gasteiger partial charge is 0.196 e. The number of ether oxygens (including phenoxy) is 2. The first-order valence-corrected chi connectivity index (χ1v) is 9.15. The highest BCUT2D eigenvalue weighted by Crippen LogP contribution is 2.52. The lowest BCUT2D eigenvalue weighted by Crippen LogP contribution is -2.69. The van der Waals surface area contributed by atoms with Crippen molar-refractivity contribution in [3.63, 3.8) is 0 Å². The Morgan fingerprint density at radius 3 is 2.33 bits per heavy atom. The van der Waals surface area contributed by atoms with Crippen LogP contribution in [0, 0.1) is 17.8 Å². The van der Waals surface area contributed by atoms with Crippen LogP contribution in [0.25, 0.3) is 0 Å². The molecule has 136 valence electrons. The maximum Gasteiger partial charge on any atom is 0.196 e. The van der Waals surface area contributed by atoms with Gasteiger partial charge in [-0.25, -0.2) is 0 Å². The van der Waals surface area contributed by atoms with Crippen LogP contribution in [-0.4, -0.2) is 19.4 Å². The zero-order valence-electron chi connectivity index (χ0n) is 16.7. The molecule has 0 saturated carbocycles. The molecule has 1 fully saturated rings. The Labute approximate surface area is 148 Å². The molecule has 1 aliphatic heterocycles. The largest absolute Gasteiger partial charge is 0.465 e. The molecular formula is C21H35NO2. The zero-order chi connectivity index (χ0) is 18.2. The summed E-state index contributed by atoms with van der Waals surface area (Å²) < 4.78 is 11.4. The molecular weight excluding hydrogens is 298 g/mol. The molecule has 3 nitrogen and oxygen atoms in total. The summed E-state index contributed by atoms with van der Waals surface area (Å²) in [5.74, 6) is 0.905. The zero-order valence-corrected chi connectivity index (χ0v) is 16.7. The van der Waals surface area contributed by atoms with Gasteiger partial charge in [0.25, 0.3) is 0 Å². The topological polar surface area (TPSA) is 30.5 Å². The first-order chi connectivity index (χ1) is 11.0. The minimum Gasteiger partial charge on any atom is -0.465 e. The van der Waals surface area contributed by atoms with Crippen molar-refractivity contribution in [1.29, 1.82) is 0 Å². The lowest BCUT2D eigenvalue weighted by Gasteiger charge is -2.60. The van der Waals surface area contributed by atoms with E-state index in [0.717, 1.165) is 24.3 Å². The first-order valence-electron chi connectivity index (χ1n) is 9.15. The van der Waals surface area contributed by atoms with Gasteiger partial charge < -0.3 is 14.8 Å². The maximum absolute atomic E-state index is 5.92. The van der Waals surface area contributed by atoms with Crippen LogP contribution in [-0.2, 0) is 10.3 Å². The molecule has 1 aromatic carbocycles. The summed E-state index contributed by atoms with van der Waals surface area (Å²) in [4.78, 5) is 0. The fourth-order valence-electron chi connectivity index (χ4n) is 3.84. The Morgan fingerprint density at radius 1 is 1.25 bits per heavy atom. The maximum atomic E-state index is 5.92. The van der Waals surface area contributed by atoms with Crippen LogP contribution in [0.2, 0.25) is 0 Å². The van der Waals surface area contributed by atoms with Gasteiger partial charge in [0.15, 0.2) is 6.29 Å². The van der Waals surface area contributed by atoms with Gasteiger partial charge in [-0.05, 0) is 55.2 Å². The van der Waals surface area contributed by atoms with Crippen molar-refractivity contribution in [3.8, 4) is 5.75 Å². The number of rotatable bonds is 6. The highest BCUT2D eigenvalue weighted by Gasteiger charge is 2.55. The van der Waals surface area contributed by atoms with Crippen molar-refractivity contribution in [2.24, 2.45) is 10.8 Å². The predicted molar refractivity (Wildman–Crippen MR) is 100 cm³/mol. The van der Waals surface area contributed by atoms with Gasteiger partial charge >= 0.3 is 0 Å². The number of benzene rings is 1. The van der Waals surface area contributed by atoms with Gasteiger partial charge in [-0.1, -0.05) is 46.8 Å². The fourth-order valence-corrected chi connectivity index (χ4v) is 3.84. The predicted octanol–water partition coefficient (Wildman–Crippen LogP) is 5.02. The van der Waals surface area contributed by atoms with E-state index in [9.17, 15) is 0 Å². The third-order valence-electron chi connectivity index (χ3n) is 5.14. The van der Waals surface area contributed by atoms with Crippen molar-refractivity contribution >= 4 is 0 Å². The molecule has 2 atom stereocenters. The minimum absolute atomic E-state index is 0.0279. The highest BCUT2D eigenvalue weighted by atomic mass is 16.7. The third kappa shape index (κ3) is 3.78. The molecule has 0 spiro atoms.